The van der Waals surface area contributed by atoms with Crippen molar-refractivity contribution in [2.45, 2.75) is 24.6 Å². The molecule has 3 atom stereocenters. The molecule has 1 aromatic heterocycles. The number of nitrogens with one attached hydrogen (secondary N) is 3. The number of benzene rings is 1. The van der Waals surface area contributed by atoms with E-state index in [2.05, 4.69) is 20.9 Å². The SMILES string of the molecule is O=C(O)N[C@@H]1[C@H]2Oc3ccc(Oc4ccnc5c4CNC(=O)N5)cc3[C@@H]12. The molecule has 1 fully saturated rings. The molecule has 26 heavy (non-hydrogen) atoms. The highest BCUT2D eigenvalue weighted by molar-refractivity contribution is 5.91. The van der Waals surface area contributed by atoms with E-state index >= 15 is 0 Å². The third-order valence-electron chi connectivity index (χ3n) is 4.75. The van der Waals surface area contributed by atoms with Gasteiger partial charge < -0.3 is 25.2 Å². The van der Waals surface area contributed by atoms with Crippen LogP contribution >= 0.6 is 0 Å². The fraction of sp³-hybridized carbons (Fsp3) is 0.235. The predicted octanol–water partition coefficient (Wildman–Crippen LogP) is 2.00. The van der Waals surface area contributed by atoms with Crippen molar-refractivity contribution in [3.8, 4) is 17.2 Å². The fourth-order valence-electron chi connectivity index (χ4n) is 3.52. The first-order valence-electron chi connectivity index (χ1n) is 8.11. The van der Waals surface area contributed by atoms with Crippen molar-refractivity contribution in [3.63, 3.8) is 0 Å². The Balaban J connectivity index is 1.40. The lowest BCUT2D eigenvalue weighted by molar-refractivity contribution is 0.190. The maximum Gasteiger partial charge on any atom is 0.405 e. The van der Waals surface area contributed by atoms with Crippen molar-refractivity contribution < 1.29 is 24.2 Å². The lowest BCUT2D eigenvalue weighted by Crippen LogP contribution is -2.34. The summed E-state index contributed by atoms with van der Waals surface area (Å²) in [6.45, 7) is 0.327. The molecule has 3 heterocycles. The molecule has 3 aliphatic rings. The highest BCUT2D eigenvalue weighted by atomic mass is 16.5. The van der Waals surface area contributed by atoms with Gasteiger partial charge in [-0.05, 0) is 24.3 Å². The van der Waals surface area contributed by atoms with Gasteiger partial charge in [-0.25, -0.2) is 14.6 Å². The molecule has 4 N–H and O–H groups in total. The smallest absolute Gasteiger partial charge is 0.405 e. The highest BCUT2D eigenvalue weighted by Gasteiger charge is 2.59. The van der Waals surface area contributed by atoms with E-state index in [9.17, 15) is 9.59 Å². The van der Waals surface area contributed by atoms with E-state index in [1.165, 1.54) is 0 Å². The minimum absolute atomic E-state index is 0.0111. The Kier molecular flexibility index (Phi) is 2.99. The number of rotatable bonds is 3. The summed E-state index contributed by atoms with van der Waals surface area (Å²) in [5.41, 5.74) is 1.69. The number of fused-ring (bicyclic) bond motifs is 4. The van der Waals surface area contributed by atoms with Gasteiger partial charge in [0.25, 0.3) is 0 Å². The minimum Gasteiger partial charge on any atom is -0.487 e. The van der Waals surface area contributed by atoms with Crippen LogP contribution in [0, 0.1) is 0 Å². The van der Waals surface area contributed by atoms with Crippen LogP contribution in [0.15, 0.2) is 30.5 Å². The van der Waals surface area contributed by atoms with Gasteiger partial charge in [0.2, 0.25) is 0 Å². The van der Waals surface area contributed by atoms with Gasteiger partial charge in [-0.3, -0.25) is 5.32 Å². The predicted molar refractivity (Wildman–Crippen MR) is 88.7 cm³/mol. The molecule has 1 saturated carbocycles. The van der Waals surface area contributed by atoms with Crippen molar-refractivity contribution in [1.29, 1.82) is 0 Å². The Hall–Kier alpha value is -3.49. The van der Waals surface area contributed by atoms with Crippen LogP contribution < -0.4 is 25.4 Å². The molecule has 2 aliphatic heterocycles. The van der Waals surface area contributed by atoms with Crippen molar-refractivity contribution in [2.75, 3.05) is 5.32 Å². The van der Waals surface area contributed by atoms with Crippen LogP contribution in [0.5, 0.6) is 17.2 Å². The zero-order valence-electron chi connectivity index (χ0n) is 13.4. The number of pyridine rings is 1. The number of carbonyl (C=O) groups is 2. The summed E-state index contributed by atoms with van der Waals surface area (Å²) >= 11 is 0. The monoisotopic (exact) mass is 354 g/mol. The second-order valence-electron chi connectivity index (χ2n) is 6.33. The number of hydrogen-bond acceptors (Lipinski definition) is 5. The molecule has 9 heteroatoms. The molecule has 3 amide bonds. The summed E-state index contributed by atoms with van der Waals surface area (Å²) in [5.74, 6) is 2.44. The minimum atomic E-state index is -1.06. The van der Waals surface area contributed by atoms with Crippen molar-refractivity contribution >= 4 is 17.9 Å². The van der Waals surface area contributed by atoms with E-state index in [0.29, 0.717) is 23.9 Å². The van der Waals surface area contributed by atoms with Gasteiger partial charge in [0.05, 0.1) is 24.1 Å². The quantitative estimate of drug-likeness (QED) is 0.669. The fourth-order valence-corrected chi connectivity index (χ4v) is 3.52. The Morgan fingerprint density at radius 3 is 3.12 bits per heavy atom. The zero-order chi connectivity index (χ0) is 17.8. The van der Waals surface area contributed by atoms with Gasteiger partial charge in [-0.2, -0.15) is 0 Å². The number of nitrogens with zero attached hydrogens (tertiary/aromatic N) is 1. The lowest BCUT2D eigenvalue weighted by Gasteiger charge is -2.20. The van der Waals surface area contributed by atoms with Gasteiger partial charge in [0.1, 0.15) is 29.2 Å². The van der Waals surface area contributed by atoms with E-state index in [0.717, 1.165) is 16.9 Å². The first kappa shape index (κ1) is 14.8. The normalized spacial score (nSPS) is 24.2. The Morgan fingerprint density at radius 1 is 1.38 bits per heavy atom. The standard InChI is InChI=1S/C17H14N4O5/c22-16-19-6-9-11(3-4-18-15(9)21-16)25-7-1-2-10-8(5-7)12-13(14(12)26-10)20-17(23)24/h1-5,12-14,20H,6H2,(H,23,24)(H2,18,19,21,22)/t12-,13-,14-/m0/s1. The summed E-state index contributed by atoms with van der Waals surface area (Å²) in [7, 11) is 0. The number of ether oxygens (including phenoxy) is 2. The molecule has 132 valence electrons. The van der Waals surface area contributed by atoms with E-state index < -0.39 is 6.09 Å². The molecular formula is C17H14N4O5. The van der Waals surface area contributed by atoms with Crippen molar-refractivity contribution in [1.82, 2.24) is 15.6 Å². The number of aromatic nitrogens is 1. The van der Waals surface area contributed by atoms with Gasteiger partial charge >= 0.3 is 12.1 Å². The maximum absolute atomic E-state index is 11.4. The molecular weight excluding hydrogens is 340 g/mol. The molecule has 9 nitrogen and oxygen atoms in total. The van der Waals surface area contributed by atoms with Gasteiger partial charge in [0.15, 0.2) is 0 Å². The molecule has 2 aromatic rings. The summed E-state index contributed by atoms with van der Waals surface area (Å²) in [5, 5.41) is 16.7. The van der Waals surface area contributed by atoms with Gasteiger partial charge in [-0.15, -0.1) is 0 Å². The number of carboxylic acid groups (broad SMARTS) is 1. The molecule has 5 rings (SSSR count). The third kappa shape index (κ3) is 2.28. The van der Waals surface area contributed by atoms with Crippen LogP contribution in [0.1, 0.15) is 17.0 Å². The number of urea groups is 1. The maximum atomic E-state index is 11.4. The van der Waals surface area contributed by atoms with Crippen molar-refractivity contribution in [3.05, 3.63) is 41.6 Å². The highest BCUT2D eigenvalue weighted by Crippen LogP contribution is 2.54. The molecule has 0 unspecified atom stereocenters. The van der Waals surface area contributed by atoms with Crippen molar-refractivity contribution in [2.24, 2.45) is 0 Å². The first-order valence-corrected chi connectivity index (χ1v) is 8.11. The van der Waals surface area contributed by atoms with E-state index in [4.69, 9.17) is 14.6 Å². The summed E-state index contributed by atoms with van der Waals surface area (Å²) in [4.78, 5) is 26.4. The molecule has 0 saturated heterocycles. The first-order chi connectivity index (χ1) is 12.6. The zero-order valence-corrected chi connectivity index (χ0v) is 13.4. The summed E-state index contributed by atoms with van der Waals surface area (Å²) in [6.07, 6.45) is 0.365. The second kappa shape index (κ2) is 5.25. The van der Waals surface area contributed by atoms with Gasteiger partial charge in [0, 0.05) is 11.8 Å². The summed E-state index contributed by atoms with van der Waals surface area (Å²) in [6, 6.07) is 6.70. The Morgan fingerprint density at radius 2 is 2.27 bits per heavy atom. The van der Waals surface area contributed by atoms with Crippen LogP contribution in [-0.4, -0.2) is 34.4 Å². The van der Waals surface area contributed by atoms with Crippen LogP contribution in [0.25, 0.3) is 0 Å². The average molecular weight is 354 g/mol. The molecule has 1 aliphatic carbocycles. The van der Waals surface area contributed by atoms with E-state index in [-0.39, 0.29) is 24.1 Å². The number of hydrogen-bond donors (Lipinski definition) is 4. The second-order valence-corrected chi connectivity index (χ2v) is 6.33. The summed E-state index contributed by atoms with van der Waals surface area (Å²) < 4.78 is 11.7. The number of anilines is 1. The Bertz CT molecular complexity index is 947. The topological polar surface area (TPSA) is 122 Å². The van der Waals surface area contributed by atoms with Crippen LogP contribution in [0.4, 0.5) is 15.4 Å². The largest absolute Gasteiger partial charge is 0.487 e. The van der Waals surface area contributed by atoms with Crippen LogP contribution in [0.3, 0.4) is 0 Å². The van der Waals surface area contributed by atoms with Crippen LogP contribution in [0.2, 0.25) is 0 Å². The third-order valence-corrected chi connectivity index (χ3v) is 4.75. The number of amides is 3. The average Bonchev–Trinajstić information content (AvgIpc) is 3.11. The number of carbonyl (C=O) groups excluding carboxylic acids is 1. The lowest BCUT2D eigenvalue weighted by atomic mass is 10.1. The van der Waals surface area contributed by atoms with Crippen LogP contribution in [-0.2, 0) is 6.54 Å². The van der Waals surface area contributed by atoms with E-state index in [1.54, 1.807) is 18.3 Å². The molecule has 1 aromatic carbocycles. The Labute approximate surface area is 147 Å². The van der Waals surface area contributed by atoms with Gasteiger partial charge in [-0.1, -0.05) is 0 Å². The van der Waals surface area contributed by atoms with E-state index in [1.807, 2.05) is 12.1 Å². The molecule has 0 spiro atoms. The molecule has 0 bridgehead atoms. The molecule has 0 radical (unpaired) electrons.